The fourth-order valence-corrected chi connectivity index (χ4v) is 2.56. The standard InChI is InChI=1S/C16H22ClN5S/c1-21(2)10-8-19-16(23)20-14(15-18-9-11-22(15)3)12-4-6-13(17)7-5-12/h4-7,9,11,14H,8,10H2,1-3H3,(H2,19,20,23)/p+1/t14-/m1/s1. The number of aromatic nitrogens is 2. The van der Waals surface area contributed by atoms with Crippen molar-refractivity contribution in [1.82, 2.24) is 20.2 Å². The Morgan fingerprint density at radius 3 is 2.61 bits per heavy atom. The summed E-state index contributed by atoms with van der Waals surface area (Å²) >= 11 is 11.4. The maximum atomic E-state index is 5.99. The maximum absolute atomic E-state index is 5.99. The Bertz CT molecular complexity index is 638. The second-order valence-corrected chi connectivity index (χ2v) is 6.58. The second kappa shape index (κ2) is 8.29. The Balaban J connectivity index is 2.13. The summed E-state index contributed by atoms with van der Waals surface area (Å²) in [6.45, 7) is 1.82. The van der Waals surface area contributed by atoms with Crippen LogP contribution in [0.5, 0.6) is 0 Å². The summed E-state index contributed by atoms with van der Waals surface area (Å²) in [4.78, 5) is 5.83. The number of imidazole rings is 1. The lowest BCUT2D eigenvalue weighted by Gasteiger charge is -2.21. The smallest absolute Gasteiger partial charge is 0.167 e. The normalized spacial score (nSPS) is 12.2. The van der Waals surface area contributed by atoms with Crippen LogP contribution in [0.1, 0.15) is 17.4 Å². The van der Waals surface area contributed by atoms with E-state index in [0.717, 1.165) is 24.5 Å². The molecule has 0 amide bonds. The zero-order valence-electron chi connectivity index (χ0n) is 13.6. The van der Waals surface area contributed by atoms with Crippen LogP contribution in [0.4, 0.5) is 0 Å². The molecule has 0 fully saturated rings. The Morgan fingerprint density at radius 1 is 1.35 bits per heavy atom. The van der Waals surface area contributed by atoms with Gasteiger partial charge in [-0.3, -0.25) is 0 Å². The summed E-state index contributed by atoms with van der Waals surface area (Å²) in [5.74, 6) is 0.898. The minimum Gasteiger partial charge on any atom is -0.357 e. The van der Waals surface area contributed by atoms with Crippen molar-refractivity contribution >= 4 is 28.9 Å². The number of nitrogens with one attached hydrogen (secondary N) is 3. The molecule has 0 aliphatic carbocycles. The number of halogens is 1. The van der Waals surface area contributed by atoms with Gasteiger partial charge in [0.25, 0.3) is 0 Å². The maximum Gasteiger partial charge on any atom is 0.167 e. The molecule has 0 aliphatic heterocycles. The molecule has 1 aromatic carbocycles. The number of aryl methyl sites for hydroxylation is 1. The zero-order chi connectivity index (χ0) is 16.8. The zero-order valence-corrected chi connectivity index (χ0v) is 15.2. The molecule has 2 rings (SSSR count). The first kappa shape index (κ1) is 17.7. The summed E-state index contributed by atoms with van der Waals surface area (Å²) in [7, 11) is 6.20. The number of likely N-dealkylation sites (N-methyl/N-ethyl adjacent to an activating group) is 1. The van der Waals surface area contributed by atoms with Crippen molar-refractivity contribution in [2.75, 3.05) is 27.2 Å². The van der Waals surface area contributed by atoms with E-state index >= 15 is 0 Å². The molecule has 0 aliphatic rings. The Labute approximate surface area is 147 Å². The monoisotopic (exact) mass is 352 g/mol. The highest BCUT2D eigenvalue weighted by Gasteiger charge is 2.19. The predicted molar refractivity (Wildman–Crippen MR) is 97.9 cm³/mol. The van der Waals surface area contributed by atoms with Gasteiger partial charge in [-0.05, 0) is 29.9 Å². The van der Waals surface area contributed by atoms with E-state index in [1.165, 1.54) is 4.90 Å². The highest BCUT2D eigenvalue weighted by molar-refractivity contribution is 7.80. The average molecular weight is 353 g/mol. The van der Waals surface area contributed by atoms with E-state index < -0.39 is 0 Å². The van der Waals surface area contributed by atoms with Gasteiger partial charge < -0.3 is 20.1 Å². The van der Waals surface area contributed by atoms with E-state index in [-0.39, 0.29) is 6.04 Å². The van der Waals surface area contributed by atoms with Gasteiger partial charge in [-0.2, -0.15) is 0 Å². The van der Waals surface area contributed by atoms with Gasteiger partial charge in [0.15, 0.2) is 5.11 Å². The molecular formula is C16H23ClN5S+. The summed E-state index contributed by atoms with van der Waals surface area (Å²) in [6.07, 6.45) is 3.71. The van der Waals surface area contributed by atoms with E-state index in [1.54, 1.807) is 6.20 Å². The number of nitrogens with zero attached hydrogens (tertiary/aromatic N) is 2. The minimum absolute atomic E-state index is 0.126. The van der Waals surface area contributed by atoms with Crippen molar-refractivity contribution in [3.05, 3.63) is 53.1 Å². The van der Waals surface area contributed by atoms with Gasteiger partial charge in [-0.15, -0.1) is 0 Å². The second-order valence-electron chi connectivity index (χ2n) is 5.74. The summed E-state index contributed by atoms with van der Waals surface area (Å²) in [5.41, 5.74) is 1.06. The van der Waals surface area contributed by atoms with Crippen LogP contribution < -0.4 is 15.5 Å². The topological polar surface area (TPSA) is 46.3 Å². The van der Waals surface area contributed by atoms with Crippen molar-refractivity contribution in [3.63, 3.8) is 0 Å². The number of quaternary nitrogens is 1. The van der Waals surface area contributed by atoms with Crippen LogP contribution in [0.25, 0.3) is 0 Å². The van der Waals surface area contributed by atoms with E-state index in [4.69, 9.17) is 23.8 Å². The number of hydrogen-bond acceptors (Lipinski definition) is 2. The van der Waals surface area contributed by atoms with Gasteiger partial charge in [-0.1, -0.05) is 23.7 Å². The van der Waals surface area contributed by atoms with Crippen molar-refractivity contribution in [2.24, 2.45) is 7.05 Å². The summed E-state index contributed by atoms with van der Waals surface area (Å²) in [6, 6.07) is 7.60. The molecule has 1 atom stereocenters. The molecule has 1 aromatic heterocycles. The first-order valence-electron chi connectivity index (χ1n) is 7.53. The summed E-state index contributed by atoms with van der Waals surface area (Å²) < 4.78 is 1.98. The fourth-order valence-electron chi connectivity index (χ4n) is 2.22. The molecule has 5 nitrogen and oxygen atoms in total. The van der Waals surface area contributed by atoms with E-state index in [1.807, 2.05) is 42.1 Å². The molecule has 0 unspecified atom stereocenters. The van der Waals surface area contributed by atoms with Gasteiger partial charge in [-0.25, -0.2) is 4.98 Å². The number of thiocarbonyl (C=S) groups is 1. The molecule has 1 heterocycles. The third-order valence-electron chi connectivity index (χ3n) is 3.51. The lowest BCUT2D eigenvalue weighted by Crippen LogP contribution is -3.06. The molecule has 0 saturated carbocycles. The third kappa shape index (κ3) is 5.20. The van der Waals surface area contributed by atoms with Crippen LogP contribution in [0.15, 0.2) is 36.7 Å². The fraction of sp³-hybridized carbons (Fsp3) is 0.375. The van der Waals surface area contributed by atoms with Crippen LogP contribution in [0, 0.1) is 0 Å². The van der Waals surface area contributed by atoms with Crippen LogP contribution in [0.3, 0.4) is 0 Å². The molecule has 124 valence electrons. The van der Waals surface area contributed by atoms with Gasteiger partial charge in [0.1, 0.15) is 11.9 Å². The van der Waals surface area contributed by atoms with Gasteiger partial charge >= 0.3 is 0 Å². The van der Waals surface area contributed by atoms with E-state index in [2.05, 4.69) is 29.7 Å². The van der Waals surface area contributed by atoms with Gasteiger partial charge in [0.2, 0.25) is 0 Å². The minimum atomic E-state index is -0.126. The van der Waals surface area contributed by atoms with E-state index in [9.17, 15) is 0 Å². The Hall–Kier alpha value is -1.63. The lowest BCUT2D eigenvalue weighted by atomic mass is 10.1. The highest BCUT2D eigenvalue weighted by Crippen LogP contribution is 2.22. The molecule has 0 saturated heterocycles. The Morgan fingerprint density at radius 2 is 2.04 bits per heavy atom. The number of hydrogen-bond donors (Lipinski definition) is 3. The summed E-state index contributed by atoms with van der Waals surface area (Å²) in [5, 5.41) is 7.93. The van der Waals surface area contributed by atoms with Crippen LogP contribution >= 0.6 is 23.8 Å². The van der Waals surface area contributed by atoms with Gasteiger partial charge in [0, 0.05) is 24.5 Å². The van der Waals surface area contributed by atoms with Crippen molar-refractivity contribution < 1.29 is 4.90 Å². The first-order chi connectivity index (χ1) is 11.0. The molecule has 2 aromatic rings. The number of benzene rings is 1. The lowest BCUT2D eigenvalue weighted by molar-refractivity contribution is -0.856. The van der Waals surface area contributed by atoms with Crippen LogP contribution in [-0.4, -0.2) is 41.8 Å². The third-order valence-corrected chi connectivity index (χ3v) is 4.02. The molecule has 3 N–H and O–H groups in total. The van der Waals surface area contributed by atoms with Crippen LogP contribution in [-0.2, 0) is 7.05 Å². The molecule has 0 radical (unpaired) electrons. The van der Waals surface area contributed by atoms with Crippen LogP contribution in [0.2, 0.25) is 5.02 Å². The SMILES string of the molecule is Cn1ccnc1[C@H](NC(=S)NCC[NH+](C)C)c1ccc(Cl)cc1. The molecule has 7 heteroatoms. The van der Waals surface area contributed by atoms with Crippen molar-refractivity contribution in [3.8, 4) is 0 Å². The first-order valence-corrected chi connectivity index (χ1v) is 8.32. The predicted octanol–water partition coefficient (Wildman–Crippen LogP) is 0.772. The van der Waals surface area contributed by atoms with Crippen molar-refractivity contribution in [1.29, 1.82) is 0 Å². The largest absolute Gasteiger partial charge is 0.357 e. The van der Waals surface area contributed by atoms with E-state index in [0.29, 0.717) is 10.1 Å². The molecule has 0 bridgehead atoms. The Kier molecular flexibility index (Phi) is 6.38. The van der Waals surface area contributed by atoms with Gasteiger partial charge in [0.05, 0.1) is 27.2 Å². The highest BCUT2D eigenvalue weighted by atomic mass is 35.5. The molecule has 23 heavy (non-hydrogen) atoms. The molecular weight excluding hydrogens is 330 g/mol. The molecule has 0 spiro atoms. The average Bonchev–Trinajstić information content (AvgIpc) is 2.91. The van der Waals surface area contributed by atoms with Crippen molar-refractivity contribution in [2.45, 2.75) is 6.04 Å². The quantitative estimate of drug-likeness (QED) is 0.672. The number of rotatable bonds is 6.